The fourth-order valence-corrected chi connectivity index (χ4v) is 2.41. The highest BCUT2D eigenvalue weighted by Crippen LogP contribution is 2.21. The van der Waals surface area contributed by atoms with Gasteiger partial charge in [-0.25, -0.2) is 0 Å². The van der Waals surface area contributed by atoms with E-state index in [9.17, 15) is 9.18 Å². The van der Waals surface area contributed by atoms with E-state index in [2.05, 4.69) is 5.32 Å². The second kappa shape index (κ2) is 7.36. The van der Waals surface area contributed by atoms with Crippen LogP contribution in [0, 0.1) is 0 Å². The Labute approximate surface area is 118 Å². The number of nitrogens with one attached hydrogen (secondary N) is 1. The number of hydrogen-bond acceptors (Lipinski definition) is 3. The summed E-state index contributed by atoms with van der Waals surface area (Å²) in [7, 11) is 1.57. The Bertz CT molecular complexity index is 430. The van der Waals surface area contributed by atoms with Gasteiger partial charge in [0.15, 0.2) is 0 Å². The van der Waals surface area contributed by atoms with Gasteiger partial charge in [0, 0.05) is 45.3 Å². The smallest absolute Gasteiger partial charge is 0.253 e. The first-order valence-electron chi connectivity index (χ1n) is 6.95. The first kappa shape index (κ1) is 14.9. The Morgan fingerprint density at radius 2 is 2.00 bits per heavy atom. The van der Waals surface area contributed by atoms with Crippen LogP contribution in [0.1, 0.15) is 28.4 Å². The molecule has 0 aromatic heterocycles. The van der Waals surface area contributed by atoms with Crippen LogP contribution in [0.5, 0.6) is 0 Å². The summed E-state index contributed by atoms with van der Waals surface area (Å²) < 4.78 is 17.7. The van der Waals surface area contributed by atoms with Crippen LogP contribution < -0.4 is 5.32 Å². The number of hydrogen-bond donors (Lipinski definition) is 1. The molecule has 1 fully saturated rings. The van der Waals surface area contributed by atoms with Gasteiger partial charge in [-0.3, -0.25) is 9.18 Å². The number of carbonyl (C=O) groups excluding carboxylic acids is 1. The molecule has 0 spiro atoms. The van der Waals surface area contributed by atoms with Crippen LogP contribution in [0.25, 0.3) is 0 Å². The van der Waals surface area contributed by atoms with Crippen molar-refractivity contribution in [3.05, 3.63) is 35.4 Å². The fraction of sp³-hybridized carbons (Fsp3) is 0.533. The zero-order chi connectivity index (χ0) is 14.4. The van der Waals surface area contributed by atoms with Gasteiger partial charge in [0.25, 0.3) is 5.91 Å². The van der Waals surface area contributed by atoms with Gasteiger partial charge in [0.05, 0.1) is 12.8 Å². The van der Waals surface area contributed by atoms with Crippen molar-refractivity contribution in [1.29, 1.82) is 0 Å². The predicted octanol–water partition coefficient (Wildman–Crippen LogP) is 1.78. The summed E-state index contributed by atoms with van der Waals surface area (Å²) in [6.45, 7) is 2.74. The van der Waals surface area contributed by atoms with Crippen molar-refractivity contribution in [2.45, 2.75) is 12.5 Å². The minimum absolute atomic E-state index is 0.0532. The summed E-state index contributed by atoms with van der Waals surface area (Å²) in [5, 5.41) is 3.22. The minimum atomic E-state index is -0.417. The van der Waals surface area contributed by atoms with E-state index in [4.69, 9.17) is 4.74 Å². The molecule has 4 nitrogen and oxygen atoms in total. The largest absolute Gasteiger partial charge is 0.377 e. The summed E-state index contributed by atoms with van der Waals surface area (Å²) in [5.74, 6) is 0.0532. The molecule has 0 bridgehead atoms. The first-order valence-corrected chi connectivity index (χ1v) is 6.95. The van der Waals surface area contributed by atoms with Crippen molar-refractivity contribution in [3.8, 4) is 0 Å². The maximum Gasteiger partial charge on any atom is 0.253 e. The number of benzene rings is 1. The molecule has 110 valence electrons. The Morgan fingerprint density at radius 1 is 1.35 bits per heavy atom. The lowest BCUT2D eigenvalue weighted by Gasteiger charge is -2.27. The lowest BCUT2D eigenvalue weighted by Crippen LogP contribution is -2.46. The van der Waals surface area contributed by atoms with Gasteiger partial charge in [-0.1, -0.05) is 12.1 Å². The number of methoxy groups -OCH3 is 1. The number of piperazine rings is 1. The number of nitrogens with zero attached hydrogens (tertiary/aromatic N) is 1. The molecule has 0 aliphatic carbocycles. The van der Waals surface area contributed by atoms with Crippen molar-refractivity contribution < 1.29 is 13.9 Å². The van der Waals surface area contributed by atoms with Crippen molar-refractivity contribution in [2.75, 3.05) is 40.0 Å². The molecule has 1 N–H and O–H groups in total. The zero-order valence-corrected chi connectivity index (χ0v) is 11.8. The number of ether oxygens (including phenoxy) is 1. The molecular formula is C15H21FN2O2. The van der Waals surface area contributed by atoms with Gasteiger partial charge in [0.2, 0.25) is 0 Å². The van der Waals surface area contributed by atoms with E-state index in [-0.39, 0.29) is 12.0 Å². The van der Waals surface area contributed by atoms with Gasteiger partial charge >= 0.3 is 0 Å². The van der Waals surface area contributed by atoms with Gasteiger partial charge in [-0.05, 0) is 17.7 Å². The van der Waals surface area contributed by atoms with Crippen molar-refractivity contribution in [3.63, 3.8) is 0 Å². The molecule has 0 radical (unpaired) electrons. The normalized spacial score (nSPS) is 17.0. The molecule has 1 amide bonds. The molecule has 20 heavy (non-hydrogen) atoms. The maximum atomic E-state index is 12.4. The van der Waals surface area contributed by atoms with Crippen LogP contribution >= 0.6 is 0 Å². The van der Waals surface area contributed by atoms with E-state index in [1.165, 1.54) is 0 Å². The third-order valence-corrected chi connectivity index (χ3v) is 3.59. The Morgan fingerprint density at radius 3 is 2.55 bits per heavy atom. The summed E-state index contributed by atoms with van der Waals surface area (Å²) in [4.78, 5) is 14.1. The molecule has 1 aromatic carbocycles. The first-order chi connectivity index (χ1) is 9.76. The molecule has 2 rings (SSSR count). The van der Waals surface area contributed by atoms with E-state index < -0.39 is 6.67 Å². The number of amides is 1. The molecule has 1 aromatic rings. The lowest BCUT2D eigenvalue weighted by atomic mass is 10.0. The topological polar surface area (TPSA) is 41.6 Å². The fourth-order valence-electron chi connectivity index (χ4n) is 2.41. The van der Waals surface area contributed by atoms with E-state index in [0.29, 0.717) is 12.0 Å². The highest BCUT2D eigenvalue weighted by Gasteiger charge is 2.18. The van der Waals surface area contributed by atoms with E-state index in [0.717, 1.165) is 31.7 Å². The van der Waals surface area contributed by atoms with Gasteiger partial charge in [-0.2, -0.15) is 0 Å². The van der Waals surface area contributed by atoms with Crippen LogP contribution in [-0.4, -0.2) is 50.8 Å². The summed E-state index contributed by atoms with van der Waals surface area (Å²) in [6, 6.07) is 7.28. The quantitative estimate of drug-likeness (QED) is 0.894. The third-order valence-electron chi connectivity index (χ3n) is 3.59. The third kappa shape index (κ3) is 3.55. The molecular weight excluding hydrogens is 259 g/mol. The van der Waals surface area contributed by atoms with Crippen LogP contribution in [0.4, 0.5) is 4.39 Å². The molecule has 1 atom stereocenters. The standard InChI is InChI=1S/C15H21FN2O2/c1-20-14(6-7-16)12-2-4-13(5-3-12)15(19)18-10-8-17-9-11-18/h2-5,14,17H,6-11H2,1H3. The van der Waals surface area contributed by atoms with Gasteiger partial charge in [-0.15, -0.1) is 0 Å². The Hall–Kier alpha value is -1.46. The number of halogens is 1. The average Bonchev–Trinajstić information content (AvgIpc) is 2.53. The molecule has 1 aliphatic heterocycles. The maximum absolute atomic E-state index is 12.4. The number of carbonyl (C=O) groups is 1. The van der Waals surface area contributed by atoms with Crippen LogP contribution in [0.3, 0.4) is 0 Å². The summed E-state index contributed by atoms with van der Waals surface area (Å²) in [6.07, 6.45) is 0.0880. The molecule has 1 saturated heterocycles. The van der Waals surface area contributed by atoms with Crippen LogP contribution in [0.15, 0.2) is 24.3 Å². The molecule has 0 saturated carbocycles. The molecule has 5 heteroatoms. The highest BCUT2D eigenvalue weighted by molar-refractivity contribution is 5.94. The zero-order valence-electron chi connectivity index (χ0n) is 11.8. The molecule has 1 aliphatic rings. The summed E-state index contributed by atoms with van der Waals surface area (Å²) >= 11 is 0. The van der Waals surface area contributed by atoms with Crippen LogP contribution in [-0.2, 0) is 4.74 Å². The SMILES string of the molecule is COC(CCF)c1ccc(C(=O)N2CCNCC2)cc1. The Kier molecular flexibility index (Phi) is 5.49. The number of alkyl halides is 1. The average molecular weight is 280 g/mol. The monoisotopic (exact) mass is 280 g/mol. The Balaban J connectivity index is 2.05. The predicted molar refractivity (Wildman–Crippen MR) is 75.6 cm³/mol. The number of rotatable bonds is 5. The minimum Gasteiger partial charge on any atom is -0.377 e. The molecule has 1 heterocycles. The van der Waals surface area contributed by atoms with Crippen molar-refractivity contribution in [2.24, 2.45) is 0 Å². The lowest BCUT2D eigenvalue weighted by molar-refractivity contribution is 0.0734. The van der Waals surface area contributed by atoms with Crippen LogP contribution in [0.2, 0.25) is 0 Å². The van der Waals surface area contributed by atoms with E-state index in [1.807, 2.05) is 17.0 Å². The van der Waals surface area contributed by atoms with E-state index in [1.54, 1.807) is 19.2 Å². The second-order valence-electron chi connectivity index (χ2n) is 4.87. The van der Waals surface area contributed by atoms with E-state index >= 15 is 0 Å². The van der Waals surface area contributed by atoms with Crippen molar-refractivity contribution in [1.82, 2.24) is 10.2 Å². The van der Waals surface area contributed by atoms with Crippen molar-refractivity contribution >= 4 is 5.91 Å². The second-order valence-corrected chi connectivity index (χ2v) is 4.87. The highest BCUT2D eigenvalue weighted by atomic mass is 19.1. The van der Waals surface area contributed by atoms with Gasteiger partial charge < -0.3 is 15.0 Å². The van der Waals surface area contributed by atoms with Gasteiger partial charge in [0.1, 0.15) is 0 Å². The summed E-state index contributed by atoms with van der Waals surface area (Å²) in [5.41, 5.74) is 1.58. The molecule has 1 unspecified atom stereocenters.